The van der Waals surface area contributed by atoms with E-state index in [0.29, 0.717) is 11.4 Å². The van der Waals surface area contributed by atoms with Crippen LogP contribution in [-0.4, -0.2) is 0 Å². The van der Waals surface area contributed by atoms with Crippen molar-refractivity contribution in [3.63, 3.8) is 0 Å². The van der Waals surface area contributed by atoms with Gasteiger partial charge in [-0.25, -0.2) is 0 Å². The topological polar surface area (TPSA) is 54.0 Å². The highest BCUT2D eigenvalue weighted by atomic mass is 15.2. The second-order valence-corrected chi connectivity index (χ2v) is 10.5. The van der Waals surface area contributed by atoms with E-state index in [4.69, 9.17) is 5.73 Å². The summed E-state index contributed by atoms with van der Waals surface area (Å²) in [6, 6.07) is 51.2. The summed E-state index contributed by atoms with van der Waals surface area (Å²) < 4.78 is 0. The summed E-state index contributed by atoms with van der Waals surface area (Å²) >= 11 is 0. The molecule has 6 aromatic rings. The van der Waals surface area contributed by atoms with E-state index in [1.807, 2.05) is 36.4 Å². The highest BCUT2D eigenvalue weighted by molar-refractivity contribution is 5.95. The van der Waals surface area contributed by atoms with Gasteiger partial charge in [0, 0.05) is 5.69 Å². The van der Waals surface area contributed by atoms with Crippen LogP contribution in [-0.2, 0) is 5.41 Å². The van der Waals surface area contributed by atoms with E-state index in [2.05, 4.69) is 124 Å². The Hall–Kier alpha value is -5.48. The minimum absolute atomic E-state index is 0.402. The van der Waals surface area contributed by atoms with Crippen LogP contribution >= 0.6 is 0 Å². The number of fused-ring (bicyclic) bond motifs is 9. The Labute approximate surface area is 239 Å². The number of rotatable bonds is 3. The summed E-state index contributed by atoms with van der Waals surface area (Å²) in [6.07, 6.45) is 0. The second-order valence-electron chi connectivity index (χ2n) is 10.5. The van der Waals surface area contributed by atoms with Crippen LogP contribution in [0.25, 0.3) is 11.1 Å². The van der Waals surface area contributed by atoms with Crippen molar-refractivity contribution in [2.45, 2.75) is 5.41 Å². The molecule has 0 bridgehead atoms. The summed E-state index contributed by atoms with van der Waals surface area (Å²) in [7, 11) is 0. The lowest BCUT2D eigenvalue weighted by Gasteiger charge is -2.45. The van der Waals surface area contributed by atoms with Crippen molar-refractivity contribution in [3.05, 3.63) is 168 Å². The molecule has 6 aromatic carbocycles. The summed E-state index contributed by atoms with van der Waals surface area (Å²) in [5.41, 5.74) is 18.9. The first-order valence-corrected chi connectivity index (χ1v) is 13.8. The molecule has 0 saturated heterocycles. The molecule has 0 fully saturated rings. The molecule has 1 aliphatic carbocycles. The van der Waals surface area contributed by atoms with E-state index < -0.39 is 5.41 Å². The van der Waals surface area contributed by atoms with Crippen LogP contribution in [0.15, 0.2) is 156 Å². The first-order chi connectivity index (χ1) is 20.3. The smallest absolute Gasteiger partial charge is 0.109 e. The van der Waals surface area contributed by atoms with E-state index >= 15 is 0 Å². The van der Waals surface area contributed by atoms with E-state index in [1.54, 1.807) is 0 Å². The molecule has 194 valence electrons. The van der Waals surface area contributed by atoms with Crippen LogP contribution in [0.2, 0.25) is 0 Å². The lowest BCUT2D eigenvalue weighted by Crippen LogP contribution is -2.36. The zero-order chi connectivity index (χ0) is 27.4. The number of hydrogen-bond donors (Lipinski definition) is 1. The van der Waals surface area contributed by atoms with Crippen LogP contribution in [0.3, 0.4) is 0 Å². The van der Waals surface area contributed by atoms with Crippen LogP contribution in [0.4, 0.5) is 34.1 Å². The van der Waals surface area contributed by atoms with Gasteiger partial charge in [-0.15, -0.1) is 5.11 Å². The number of nitrogens with zero attached hydrogens (tertiary/aromatic N) is 3. The molecule has 4 nitrogen and oxygen atoms in total. The average Bonchev–Trinajstić information content (AvgIpc) is 3.33. The number of para-hydroxylation sites is 3. The van der Waals surface area contributed by atoms with Gasteiger partial charge >= 0.3 is 0 Å². The van der Waals surface area contributed by atoms with Crippen molar-refractivity contribution in [2.24, 2.45) is 10.2 Å². The average molecular weight is 527 g/mol. The Morgan fingerprint density at radius 3 is 1.54 bits per heavy atom. The summed E-state index contributed by atoms with van der Waals surface area (Å²) in [5.74, 6) is 0. The Morgan fingerprint density at radius 1 is 0.463 bits per heavy atom. The Balaban J connectivity index is 1.31. The van der Waals surface area contributed by atoms with E-state index in [-0.39, 0.29) is 0 Å². The third-order valence-corrected chi connectivity index (χ3v) is 8.37. The third kappa shape index (κ3) is 3.34. The number of azo groups is 1. The molecule has 1 spiro atoms. The lowest BCUT2D eigenvalue weighted by atomic mass is 9.64. The molecular formula is C37H26N4. The molecule has 41 heavy (non-hydrogen) atoms. The second kappa shape index (κ2) is 9.04. The molecule has 2 N–H and O–H groups in total. The van der Waals surface area contributed by atoms with Gasteiger partial charge in [0.2, 0.25) is 0 Å². The molecule has 1 aliphatic heterocycles. The van der Waals surface area contributed by atoms with Crippen molar-refractivity contribution in [1.82, 2.24) is 0 Å². The zero-order valence-electron chi connectivity index (χ0n) is 22.3. The first kappa shape index (κ1) is 23.4. The Morgan fingerprint density at radius 2 is 0.951 bits per heavy atom. The van der Waals surface area contributed by atoms with E-state index in [9.17, 15) is 0 Å². The highest BCUT2D eigenvalue weighted by Crippen LogP contribution is 2.63. The summed E-state index contributed by atoms with van der Waals surface area (Å²) in [4.78, 5) is 2.37. The van der Waals surface area contributed by atoms with Crippen molar-refractivity contribution in [3.8, 4) is 11.1 Å². The van der Waals surface area contributed by atoms with Gasteiger partial charge in [-0.2, -0.15) is 5.11 Å². The van der Waals surface area contributed by atoms with Gasteiger partial charge in [-0.1, -0.05) is 97.1 Å². The Kier molecular flexibility index (Phi) is 5.16. The molecule has 1 heterocycles. The number of hydrogen-bond acceptors (Lipinski definition) is 4. The van der Waals surface area contributed by atoms with Gasteiger partial charge in [0.15, 0.2) is 0 Å². The normalized spacial score (nSPS) is 14.0. The molecule has 8 rings (SSSR count). The van der Waals surface area contributed by atoms with Crippen LogP contribution in [0.1, 0.15) is 22.3 Å². The number of anilines is 4. The SMILES string of the molecule is Nc1ccccc1N=Nc1ccc(N2c3ccccc3C3(c4ccccc4-c4ccccc43)c3ccccc32)cc1. The standard InChI is InChI=1S/C37H26N4/c38-33-17-7-8-18-34(33)40-39-25-21-23-26(24-22-25)41-35-19-9-5-15-31(35)37(32-16-6-10-20-36(32)41)29-13-3-1-11-27(29)28-12-2-4-14-30(28)37/h1-24H,38H2. The molecule has 4 heteroatoms. The molecule has 0 atom stereocenters. The highest BCUT2D eigenvalue weighted by Gasteiger charge is 2.51. The lowest BCUT2D eigenvalue weighted by molar-refractivity contribution is 0.752. The van der Waals surface area contributed by atoms with E-state index in [0.717, 1.165) is 11.4 Å². The van der Waals surface area contributed by atoms with Crippen molar-refractivity contribution in [2.75, 3.05) is 10.6 Å². The van der Waals surface area contributed by atoms with Crippen LogP contribution in [0.5, 0.6) is 0 Å². The fourth-order valence-electron chi connectivity index (χ4n) is 6.70. The first-order valence-electron chi connectivity index (χ1n) is 13.8. The Bertz CT molecular complexity index is 1880. The van der Waals surface area contributed by atoms with Gasteiger partial charge in [0.05, 0.1) is 28.2 Å². The third-order valence-electron chi connectivity index (χ3n) is 8.37. The van der Waals surface area contributed by atoms with Gasteiger partial charge in [0.25, 0.3) is 0 Å². The molecule has 0 radical (unpaired) electrons. The van der Waals surface area contributed by atoms with Gasteiger partial charge < -0.3 is 10.6 Å². The number of nitrogens with two attached hydrogens (primary N) is 1. The van der Waals surface area contributed by atoms with Gasteiger partial charge in [0.1, 0.15) is 5.69 Å². The number of nitrogen functional groups attached to an aromatic ring is 1. The van der Waals surface area contributed by atoms with Crippen LogP contribution in [0, 0.1) is 0 Å². The molecule has 2 aliphatic rings. The molecule has 0 saturated carbocycles. The monoisotopic (exact) mass is 526 g/mol. The quantitative estimate of drug-likeness (QED) is 0.184. The molecular weight excluding hydrogens is 500 g/mol. The maximum absolute atomic E-state index is 6.05. The molecule has 0 aromatic heterocycles. The molecule has 0 unspecified atom stereocenters. The van der Waals surface area contributed by atoms with Gasteiger partial charge in [-0.3, -0.25) is 0 Å². The predicted molar refractivity (Wildman–Crippen MR) is 167 cm³/mol. The van der Waals surface area contributed by atoms with Crippen molar-refractivity contribution < 1.29 is 0 Å². The maximum Gasteiger partial charge on any atom is 0.109 e. The molecule has 0 amide bonds. The van der Waals surface area contributed by atoms with Crippen LogP contribution < -0.4 is 10.6 Å². The minimum atomic E-state index is -0.402. The summed E-state index contributed by atoms with van der Waals surface area (Å²) in [5, 5.41) is 8.81. The van der Waals surface area contributed by atoms with Crippen molar-refractivity contribution in [1.29, 1.82) is 0 Å². The summed E-state index contributed by atoms with van der Waals surface area (Å²) in [6.45, 7) is 0. The maximum atomic E-state index is 6.05. The van der Waals surface area contributed by atoms with Gasteiger partial charge in [-0.05, 0) is 81.9 Å². The van der Waals surface area contributed by atoms with E-state index in [1.165, 1.54) is 44.8 Å². The number of benzene rings is 6. The fraction of sp³-hybridized carbons (Fsp3) is 0.0270. The minimum Gasteiger partial charge on any atom is -0.397 e. The predicted octanol–water partition coefficient (Wildman–Crippen LogP) is 9.83. The van der Waals surface area contributed by atoms with Crippen molar-refractivity contribution >= 4 is 34.1 Å². The largest absolute Gasteiger partial charge is 0.397 e. The zero-order valence-corrected chi connectivity index (χ0v) is 22.3. The fourth-order valence-corrected chi connectivity index (χ4v) is 6.70.